The van der Waals surface area contributed by atoms with Crippen LogP contribution in [0.25, 0.3) is 0 Å². The Balaban J connectivity index is 1.96. The molecule has 5 nitrogen and oxygen atoms in total. The van der Waals surface area contributed by atoms with Gasteiger partial charge in [-0.2, -0.15) is 0 Å². The van der Waals surface area contributed by atoms with Gasteiger partial charge in [-0.25, -0.2) is 0 Å². The lowest BCUT2D eigenvalue weighted by atomic mass is 10.1. The van der Waals surface area contributed by atoms with Gasteiger partial charge in [0.2, 0.25) is 0 Å². The molecule has 1 amide bonds. The smallest absolute Gasteiger partial charge is 0.311 e. The van der Waals surface area contributed by atoms with Gasteiger partial charge < -0.3 is 14.8 Å². The van der Waals surface area contributed by atoms with Crippen LogP contribution in [0, 0.1) is 13.8 Å². The van der Waals surface area contributed by atoms with Crippen LogP contribution in [-0.2, 0) is 17.6 Å². The lowest BCUT2D eigenvalue weighted by molar-refractivity contribution is -0.136. The van der Waals surface area contributed by atoms with Gasteiger partial charge in [0, 0.05) is 12.1 Å². The molecule has 1 heterocycles. The van der Waals surface area contributed by atoms with Crippen LogP contribution in [-0.4, -0.2) is 23.5 Å². The van der Waals surface area contributed by atoms with Crippen molar-refractivity contribution in [2.75, 3.05) is 6.54 Å². The van der Waals surface area contributed by atoms with E-state index >= 15 is 0 Å². The van der Waals surface area contributed by atoms with E-state index in [0.717, 1.165) is 12.0 Å². The van der Waals surface area contributed by atoms with Crippen molar-refractivity contribution in [2.24, 2.45) is 0 Å². The molecule has 0 unspecified atom stereocenters. The average molecular weight is 301 g/mol. The lowest BCUT2D eigenvalue weighted by Crippen LogP contribution is -2.27. The fourth-order valence-electron chi connectivity index (χ4n) is 2.23. The van der Waals surface area contributed by atoms with Crippen molar-refractivity contribution in [1.82, 2.24) is 5.32 Å². The first-order valence-corrected chi connectivity index (χ1v) is 7.10. The predicted octanol–water partition coefficient (Wildman–Crippen LogP) is 2.50. The van der Waals surface area contributed by atoms with Crippen LogP contribution in [0.1, 0.15) is 32.8 Å². The first-order valence-electron chi connectivity index (χ1n) is 7.10. The van der Waals surface area contributed by atoms with Gasteiger partial charge >= 0.3 is 5.97 Å². The SMILES string of the molecule is Cc1ccc(CCNC(=O)c2c(C)coc2CC(=O)O)cc1. The third kappa shape index (κ3) is 3.97. The molecular formula is C17H19NO4. The van der Waals surface area contributed by atoms with Gasteiger partial charge in [-0.15, -0.1) is 0 Å². The molecule has 116 valence electrons. The number of carboxylic acids is 1. The van der Waals surface area contributed by atoms with Crippen LogP contribution in [0.5, 0.6) is 0 Å². The van der Waals surface area contributed by atoms with E-state index in [1.807, 2.05) is 31.2 Å². The Morgan fingerprint density at radius 1 is 1.18 bits per heavy atom. The summed E-state index contributed by atoms with van der Waals surface area (Å²) in [7, 11) is 0. The van der Waals surface area contributed by atoms with Crippen molar-refractivity contribution >= 4 is 11.9 Å². The number of rotatable bonds is 6. The minimum Gasteiger partial charge on any atom is -0.481 e. The first kappa shape index (κ1) is 15.8. The molecule has 0 atom stereocenters. The van der Waals surface area contributed by atoms with Crippen molar-refractivity contribution in [1.29, 1.82) is 0 Å². The molecule has 2 rings (SSSR count). The molecule has 0 aliphatic rings. The predicted molar refractivity (Wildman–Crippen MR) is 82.0 cm³/mol. The zero-order valence-electron chi connectivity index (χ0n) is 12.7. The van der Waals surface area contributed by atoms with E-state index in [1.165, 1.54) is 11.8 Å². The van der Waals surface area contributed by atoms with E-state index in [2.05, 4.69) is 5.32 Å². The van der Waals surface area contributed by atoms with Gasteiger partial charge in [-0.05, 0) is 25.8 Å². The summed E-state index contributed by atoms with van der Waals surface area (Å²) in [6.45, 7) is 4.24. The van der Waals surface area contributed by atoms with Crippen LogP contribution >= 0.6 is 0 Å². The van der Waals surface area contributed by atoms with Crippen LogP contribution in [0.3, 0.4) is 0 Å². The molecule has 0 saturated heterocycles. The number of nitrogens with one attached hydrogen (secondary N) is 1. The second-order valence-electron chi connectivity index (χ2n) is 5.28. The first-order chi connectivity index (χ1) is 10.5. The highest BCUT2D eigenvalue weighted by atomic mass is 16.4. The van der Waals surface area contributed by atoms with Gasteiger partial charge in [0.25, 0.3) is 5.91 Å². The van der Waals surface area contributed by atoms with Gasteiger partial charge in [0.1, 0.15) is 12.2 Å². The summed E-state index contributed by atoms with van der Waals surface area (Å²) >= 11 is 0. The summed E-state index contributed by atoms with van der Waals surface area (Å²) in [6.07, 6.45) is 1.83. The van der Waals surface area contributed by atoms with Crippen molar-refractivity contribution in [3.05, 3.63) is 58.5 Å². The number of furan rings is 1. The van der Waals surface area contributed by atoms with Crippen molar-refractivity contribution in [2.45, 2.75) is 26.7 Å². The molecule has 5 heteroatoms. The Hall–Kier alpha value is -2.56. The second kappa shape index (κ2) is 6.93. The maximum atomic E-state index is 12.2. The van der Waals surface area contributed by atoms with Crippen LogP contribution in [0.4, 0.5) is 0 Å². The standard InChI is InChI=1S/C17H19NO4/c1-11-3-5-13(6-4-11)7-8-18-17(21)16-12(2)10-22-14(16)9-15(19)20/h3-6,10H,7-9H2,1-2H3,(H,18,21)(H,19,20). The third-order valence-electron chi connectivity index (χ3n) is 3.41. The topological polar surface area (TPSA) is 79.5 Å². The molecule has 0 fully saturated rings. The number of amides is 1. The Morgan fingerprint density at radius 2 is 1.86 bits per heavy atom. The summed E-state index contributed by atoms with van der Waals surface area (Å²) in [5.74, 6) is -1.13. The zero-order chi connectivity index (χ0) is 16.1. The van der Waals surface area contributed by atoms with E-state index in [9.17, 15) is 9.59 Å². The largest absolute Gasteiger partial charge is 0.481 e. The summed E-state index contributed by atoms with van der Waals surface area (Å²) < 4.78 is 5.16. The van der Waals surface area contributed by atoms with E-state index in [-0.39, 0.29) is 18.1 Å². The molecule has 2 aromatic rings. The molecule has 1 aromatic heterocycles. The van der Waals surface area contributed by atoms with E-state index in [1.54, 1.807) is 6.92 Å². The van der Waals surface area contributed by atoms with Gasteiger partial charge in [-0.3, -0.25) is 9.59 Å². The molecule has 0 bridgehead atoms. The van der Waals surface area contributed by atoms with Crippen LogP contribution < -0.4 is 5.32 Å². The summed E-state index contributed by atoms with van der Waals surface area (Å²) in [6, 6.07) is 8.12. The maximum Gasteiger partial charge on any atom is 0.311 e. The van der Waals surface area contributed by atoms with Crippen molar-refractivity contribution < 1.29 is 19.1 Å². The highest BCUT2D eigenvalue weighted by molar-refractivity contribution is 5.97. The second-order valence-corrected chi connectivity index (χ2v) is 5.28. The number of carboxylic acid groups (broad SMARTS) is 1. The molecule has 0 spiro atoms. The van der Waals surface area contributed by atoms with Crippen molar-refractivity contribution in [3.8, 4) is 0 Å². The maximum absolute atomic E-state index is 12.2. The third-order valence-corrected chi connectivity index (χ3v) is 3.41. The number of aryl methyl sites for hydroxylation is 2. The number of carbonyl (C=O) groups is 2. The molecule has 2 N–H and O–H groups in total. The molecule has 0 radical (unpaired) electrons. The quantitative estimate of drug-likeness (QED) is 0.859. The average Bonchev–Trinajstić information content (AvgIpc) is 2.81. The number of benzene rings is 1. The van der Waals surface area contributed by atoms with Crippen LogP contribution in [0.2, 0.25) is 0 Å². The van der Waals surface area contributed by atoms with Crippen molar-refractivity contribution in [3.63, 3.8) is 0 Å². The Kier molecular flexibility index (Phi) is 4.99. The van der Waals surface area contributed by atoms with E-state index < -0.39 is 5.97 Å². The minimum atomic E-state index is -1.02. The fraction of sp³-hybridized carbons (Fsp3) is 0.294. The number of hydrogen-bond donors (Lipinski definition) is 2. The summed E-state index contributed by atoms with van der Waals surface area (Å²) in [5.41, 5.74) is 3.30. The normalized spacial score (nSPS) is 10.5. The van der Waals surface area contributed by atoms with Gasteiger partial charge in [0.05, 0.1) is 11.8 Å². The van der Waals surface area contributed by atoms with Crippen LogP contribution in [0.15, 0.2) is 34.9 Å². The molecule has 1 aromatic carbocycles. The highest BCUT2D eigenvalue weighted by Crippen LogP contribution is 2.17. The Bertz CT molecular complexity index is 670. The van der Waals surface area contributed by atoms with Gasteiger partial charge in [0.15, 0.2) is 0 Å². The minimum absolute atomic E-state index is 0.192. The zero-order valence-corrected chi connectivity index (χ0v) is 12.7. The molecular weight excluding hydrogens is 282 g/mol. The van der Waals surface area contributed by atoms with E-state index in [4.69, 9.17) is 9.52 Å². The molecule has 0 aliphatic carbocycles. The fourth-order valence-corrected chi connectivity index (χ4v) is 2.23. The Morgan fingerprint density at radius 3 is 2.50 bits per heavy atom. The number of carbonyl (C=O) groups excluding carboxylic acids is 1. The highest BCUT2D eigenvalue weighted by Gasteiger charge is 2.20. The van der Waals surface area contributed by atoms with Gasteiger partial charge in [-0.1, -0.05) is 29.8 Å². The lowest BCUT2D eigenvalue weighted by Gasteiger charge is -2.06. The number of aliphatic carboxylic acids is 1. The van der Waals surface area contributed by atoms with E-state index in [0.29, 0.717) is 17.7 Å². The summed E-state index contributed by atoms with van der Waals surface area (Å²) in [4.78, 5) is 23.0. The molecule has 0 aliphatic heterocycles. The summed E-state index contributed by atoms with van der Waals surface area (Å²) in [5, 5.41) is 11.6. The Labute approximate surface area is 129 Å². The number of hydrogen-bond acceptors (Lipinski definition) is 3. The monoisotopic (exact) mass is 301 g/mol. The molecule has 0 saturated carbocycles. The molecule has 22 heavy (non-hydrogen) atoms.